The number of ether oxygens (including phenoxy) is 1. The molecule has 1 aromatic heterocycles. The largest absolute Gasteiger partial charge is 0.465 e. The summed E-state index contributed by atoms with van der Waals surface area (Å²) in [5.74, 6) is 0.630. The highest BCUT2D eigenvalue weighted by Gasteiger charge is 2.04. The highest BCUT2D eigenvalue weighted by molar-refractivity contribution is 6.30. The van der Waals surface area contributed by atoms with Gasteiger partial charge in [-0.15, -0.1) is 0 Å². The zero-order valence-corrected chi connectivity index (χ0v) is 10.5. The third-order valence-corrected chi connectivity index (χ3v) is 2.51. The van der Waals surface area contributed by atoms with Crippen LogP contribution >= 0.6 is 11.6 Å². The average Bonchev–Trinajstić information content (AvgIpc) is 2.83. The van der Waals surface area contributed by atoms with E-state index in [1.165, 1.54) is 12.3 Å². The Balaban J connectivity index is 2.03. The zero-order chi connectivity index (χ0) is 13.0. The van der Waals surface area contributed by atoms with Gasteiger partial charge in [0, 0.05) is 11.1 Å². The minimum atomic E-state index is -0.461. The van der Waals surface area contributed by atoms with Gasteiger partial charge < -0.3 is 9.15 Å². The van der Waals surface area contributed by atoms with E-state index in [1.54, 1.807) is 36.4 Å². The number of benzene rings is 1. The summed E-state index contributed by atoms with van der Waals surface area (Å²) in [7, 11) is 0. The number of hydrogen-bond donors (Lipinski definition) is 0. The van der Waals surface area contributed by atoms with E-state index in [4.69, 9.17) is 20.8 Å². The van der Waals surface area contributed by atoms with Crippen LogP contribution in [0, 0.1) is 6.92 Å². The summed E-state index contributed by atoms with van der Waals surface area (Å²) >= 11 is 5.82. The summed E-state index contributed by atoms with van der Waals surface area (Å²) in [5, 5.41) is 0.610. The van der Waals surface area contributed by atoms with E-state index >= 15 is 0 Å². The van der Waals surface area contributed by atoms with Crippen LogP contribution in [-0.4, -0.2) is 5.97 Å². The minimum Gasteiger partial charge on any atom is -0.465 e. The fourth-order valence-corrected chi connectivity index (χ4v) is 1.63. The molecule has 1 aromatic carbocycles. The van der Waals surface area contributed by atoms with Gasteiger partial charge in [-0.2, -0.15) is 0 Å². The lowest BCUT2D eigenvalue weighted by Gasteiger charge is -2.04. The van der Waals surface area contributed by atoms with Crippen molar-refractivity contribution in [2.24, 2.45) is 0 Å². The van der Waals surface area contributed by atoms with E-state index in [0.717, 1.165) is 5.56 Å². The van der Waals surface area contributed by atoms with E-state index in [-0.39, 0.29) is 0 Å². The summed E-state index contributed by atoms with van der Waals surface area (Å²) in [4.78, 5) is 11.6. The molecule has 18 heavy (non-hydrogen) atoms. The number of hydrogen-bond acceptors (Lipinski definition) is 3. The Hall–Kier alpha value is -2.00. The first-order valence-electron chi connectivity index (χ1n) is 5.35. The van der Waals surface area contributed by atoms with Gasteiger partial charge in [0.15, 0.2) is 0 Å². The Morgan fingerprint density at radius 3 is 2.89 bits per heavy atom. The maximum Gasteiger partial charge on any atom is 0.336 e. The van der Waals surface area contributed by atoms with Gasteiger partial charge in [0.25, 0.3) is 0 Å². The molecule has 2 aromatic rings. The molecule has 0 radical (unpaired) electrons. The van der Waals surface area contributed by atoms with E-state index in [0.29, 0.717) is 16.5 Å². The fourth-order valence-electron chi connectivity index (χ4n) is 1.41. The molecule has 0 fully saturated rings. The second-order valence-electron chi connectivity index (χ2n) is 3.68. The Bertz CT molecular complexity index is 571. The van der Waals surface area contributed by atoms with Crippen molar-refractivity contribution in [3.05, 3.63) is 59.0 Å². The number of furan rings is 1. The molecule has 2 rings (SSSR count). The van der Waals surface area contributed by atoms with Crippen LogP contribution in [0.25, 0.3) is 6.08 Å². The van der Waals surface area contributed by atoms with E-state index in [1.807, 2.05) is 6.92 Å². The molecule has 4 heteroatoms. The van der Waals surface area contributed by atoms with Gasteiger partial charge >= 0.3 is 5.97 Å². The highest BCUT2D eigenvalue weighted by atomic mass is 35.5. The number of aryl methyl sites for hydroxylation is 1. The smallest absolute Gasteiger partial charge is 0.336 e. The molecule has 0 unspecified atom stereocenters. The van der Waals surface area contributed by atoms with E-state index < -0.39 is 5.97 Å². The first-order valence-corrected chi connectivity index (χ1v) is 5.72. The van der Waals surface area contributed by atoms with Gasteiger partial charge in [-0.1, -0.05) is 11.6 Å². The fraction of sp³-hybridized carbons (Fsp3) is 0.0714. The zero-order valence-electron chi connectivity index (χ0n) is 9.72. The van der Waals surface area contributed by atoms with Crippen LogP contribution in [0.4, 0.5) is 0 Å². The summed E-state index contributed by atoms with van der Waals surface area (Å²) in [5.41, 5.74) is 0.808. The number of halogens is 1. The maximum atomic E-state index is 11.6. The van der Waals surface area contributed by atoms with Crippen molar-refractivity contribution in [1.82, 2.24) is 0 Å². The van der Waals surface area contributed by atoms with Gasteiger partial charge in [-0.25, -0.2) is 4.79 Å². The lowest BCUT2D eigenvalue weighted by Crippen LogP contribution is -2.04. The number of carbonyl (C=O) groups is 1. The standard InChI is InChI=1S/C14H11ClO3/c1-10-9-11(15)4-6-13(10)18-14(16)7-5-12-3-2-8-17-12/h2-9H,1H3. The van der Waals surface area contributed by atoms with E-state index in [9.17, 15) is 4.79 Å². The normalized spacial score (nSPS) is 10.8. The van der Waals surface area contributed by atoms with Gasteiger partial charge in [0.2, 0.25) is 0 Å². The van der Waals surface area contributed by atoms with E-state index in [2.05, 4.69) is 0 Å². The van der Waals surface area contributed by atoms with Crippen LogP contribution < -0.4 is 4.74 Å². The van der Waals surface area contributed by atoms with Crippen molar-refractivity contribution < 1.29 is 13.9 Å². The summed E-state index contributed by atoms with van der Waals surface area (Å²) in [6.07, 6.45) is 4.40. The first-order chi connectivity index (χ1) is 8.65. The average molecular weight is 263 g/mol. The first kappa shape index (κ1) is 12.5. The van der Waals surface area contributed by atoms with Crippen LogP contribution in [0.5, 0.6) is 5.75 Å². The van der Waals surface area contributed by atoms with Crippen molar-refractivity contribution in [3.8, 4) is 5.75 Å². The van der Waals surface area contributed by atoms with Gasteiger partial charge in [0.1, 0.15) is 11.5 Å². The molecule has 0 aliphatic rings. The Kier molecular flexibility index (Phi) is 3.85. The molecule has 0 spiro atoms. The number of rotatable bonds is 3. The van der Waals surface area contributed by atoms with Crippen LogP contribution in [0.1, 0.15) is 11.3 Å². The number of carbonyl (C=O) groups excluding carboxylic acids is 1. The Labute approximate surface area is 110 Å². The molecular formula is C14H11ClO3. The summed E-state index contributed by atoms with van der Waals surface area (Å²) in [6, 6.07) is 8.57. The minimum absolute atomic E-state index is 0.461. The van der Waals surface area contributed by atoms with Crippen molar-refractivity contribution in [1.29, 1.82) is 0 Å². The topological polar surface area (TPSA) is 39.4 Å². The lowest BCUT2D eigenvalue weighted by molar-refractivity contribution is -0.128. The predicted octanol–water partition coefficient (Wildman–Crippen LogP) is 3.86. The molecule has 92 valence electrons. The van der Waals surface area contributed by atoms with Crippen LogP contribution in [0.3, 0.4) is 0 Å². The molecule has 0 aliphatic carbocycles. The van der Waals surface area contributed by atoms with Crippen LogP contribution in [0.2, 0.25) is 5.02 Å². The van der Waals surface area contributed by atoms with Gasteiger partial charge in [0.05, 0.1) is 6.26 Å². The third-order valence-electron chi connectivity index (χ3n) is 2.27. The van der Waals surface area contributed by atoms with Crippen LogP contribution in [-0.2, 0) is 4.79 Å². The Morgan fingerprint density at radius 2 is 2.22 bits per heavy atom. The summed E-state index contributed by atoms with van der Waals surface area (Å²) < 4.78 is 10.2. The maximum absolute atomic E-state index is 11.6. The van der Waals surface area contributed by atoms with Crippen LogP contribution in [0.15, 0.2) is 47.1 Å². The molecule has 3 nitrogen and oxygen atoms in total. The molecule has 1 heterocycles. The predicted molar refractivity (Wildman–Crippen MR) is 69.6 cm³/mol. The van der Waals surface area contributed by atoms with Crippen molar-refractivity contribution >= 4 is 23.6 Å². The molecule has 0 atom stereocenters. The molecule has 0 saturated carbocycles. The highest BCUT2D eigenvalue weighted by Crippen LogP contribution is 2.22. The molecule has 0 N–H and O–H groups in total. The second-order valence-corrected chi connectivity index (χ2v) is 4.12. The quantitative estimate of drug-likeness (QED) is 0.479. The van der Waals surface area contributed by atoms with Gasteiger partial charge in [-0.3, -0.25) is 0 Å². The molecule has 0 bridgehead atoms. The monoisotopic (exact) mass is 262 g/mol. The Morgan fingerprint density at radius 1 is 1.39 bits per heavy atom. The van der Waals surface area contributed by atoms with Gasteiger partial charge in [-0.05, 0) is 48.9 Å². The molecule has 0 saturated heterocycles. The molecule has 0 amide bonds. The second kappa shape index (κ2) is 5.56. The third kappa shape index (κ3) is 3.25. The number of esters is 1. The van der Waals surface area contributed by atoms with Crippen molar-refractivity contribution in [3.63, 3.8) is 0 Å². The molecule has 0 aliphatic heterocycles. The SMILES string of the molecule is Cc1cc(Cl)ccc1OC(=O)C=Cc1ccco1. The van der Waals surface area contributed by atoms with Crippen molar-refractivity contribution in [2.45, 2.75) is 6.92 Å². The lowest BCUT2D eigenvalue weighted by atomic mass is 10.2. The molecular weight excluding hydrogens is 252 g/mol. The summed E-state index contributed by atoms with van der Waals surface area (Å²) in [6.45, 7) is 1.82. The van der Waals surface area contributed by atoms with Crippen molar-refractivity contribution in [2.75, 3.05) is 0 Å².